The number of carbonyl (C=O) groups is 6. The Kier molecular flexibility index (Phi) is 17.3. The van der Waals surface area contributed by atoms with Gasteiger partial charge < -0.3 is 43.2 Å². The fourth-order valence-corrected chi connectivity index (χ4v) is 5.22. The first-order valence-electron chi connectivity index (χ1n) is 13.2. The molecule has 0 aromatic rings. The molecule has 0 radical (unpaired) electrons. The van der Waals surface area contributed by atoms with Gasteiger partial charge in [-0.05, 0) is 0 Å². The van der Waals surface area contributed by atoms with Gasteiger partial charge in [0.05, 0.1) is 39.6 Å². The third kappa shape index (κ3) is 14.1. The Morgan fingerprint density at radius 1 is 0.953 bits per heavy atom. The molecule has 1 aliphatic rings. The van der Waals surface area contributed by atoms with Gasteiger partial charge in [-0.3, -0.25) is 24.0 Å². The van der Waals surface area contributed by atoms with E-state index in [1.807, 2.05) is 0 Å². The van der Waals surface area contributed by atoms with Crippen LogP contribution in [0.2, 0.25) is 0 Å². The molecule has 16 heteroatoms. The van der Waals surface area contributed by atoms with Crippen molar-refractivity contribution < 1.29 is 66.7 Å². The van der Waals surface area contributed by atoms with Crippen LogP contribution in [0.25, 0.3) is 0 Å². The van der Waals surface area contributed by atoms with Crippen molar-refractivity contribution in [3.63, 3.8) is 0 Å². The van der Waals surface area contributed by atoms with E-state index in [1.165, 1.54) is 6.92 Å². The van der Waals surface area contributed by atoms with E-state index in [0.29, 0.717) is 0 Å². The second-order valence-corrected chi connectivity index (χ2v) is 10.4. The lowest BCUT2D eigenvalue weighted by Gasteiger charge is -2.48. The molecule has 1 N–H and O–H groups in total. The van der Waals surface area contributed by atoms with Crippen molar-refractivity contribution in [3.05, 3.63) is 0 Å². The van der Waals surface area contributed by atoms with Gasteiger partial charge in [0.25, 0.3) is 5.91 Å². The number of carbonyl (C=O) groups excluding carboxylic acids is 6. The van der Waals surface area contributed by atoms with Crippen LogP contribution in [-0.2, 0) is 66.7 Å². The molecule has 43 heavy (non-hydrogen) atoms. The lowest BCUT2D eigenvalue weighted by molar-refractivity contribution is -0.210. The number of amides is 1. The third-order valence-corrected chi connectivity index (χ3v) is 6.88. The number of esters is 5. The topological polar surface area (TPSA) is 188 Å². The number of methoxy groups -OCH3 is 1. The van der Waals surface area contributed by atoms with Crippen LogP contribution < -0.4 is 5.32 Å². The first-order chi connectivity index (χ1) is 20.3. The van der Waals surface area contributed by atoms with Gasteiger partial charge in [0, 0.05) is 46.3 Å². The van der Waals surface area contributed by atoms with E-state index in [9.17, 15) is 28.8 Å². The number of rotatable bonds is 18. The van der Waals surface area contributed by atoms with Gasteiger partial charge in [0.1, 0.15) is 24.9 Å². The lowest BCUT2D eigenvalue weighted by atomic mass is 9.90. The molecule has 1 amide bonds. The smallest absolute Gasteiger partial charge is 0.348 e. The zero-order valence-corrected chi connectivity index (χ0v) is 25.7. The molecule has 0 saturated carbocycles. The van der Waals surface area contributed by atoms with Crippen LogP contribution in [0.5, 0.6) is 0 Å². The van der Waals surface area contributed by atoms with Crippen LogP contribution in [0.4, 0.5) is 0 Å². The molecule has 0 spiro atoms. The molecule has 1 aliphatic heterocycles. The van der Waals surface area contributed by atoms with Gasteiger partial charge in [0.2, 0.25) is 4.93 Å². The molecular formula is C27H39NO14S. The van der Waals surface area contributed by atoms with E-state index in [0.717, 1.165) is 39.6 Å². The zero-order chi connectivity index (χ0) is 32.4. The molecule has 0 aromatic carbocycles. The largest absolute Gasteiger partial charge is 0.466 e. The first kappa shape index (κ1) is 37.6. The molecule has 242 valence electrons. The minimum Gasteiger partial charge on any atom is -0.466 e. The van der Waals surface area contributed by atoms with Crippen molar-refractivity contribution in [2.75, 3.05) is 52.5 Å². The Balaban J connectivity index is 3.43. The van der Waals surface area contributed by atoms with E-state index in [4.69, 9.17) is 44.3 Å². The maximum absolute atomic E-state index is 13.2. The standard InChI is InChI=1S/C27H39NO14S/c1-7-9-36-11-12-37-13-14-43-27(26(34)35-6)15-22(41-20(5)32)24(28-23(33)16-39-18(3)30)25(42-27)21(40-19(4)31)8-10-38-17(2)29/h1,21-22,24-25H,8-16H2,2-6H3,(H,28,33)/t21-,22+,24-,25+,27-/m1/s1. The first-order valence-corrected chi connectivity index (χ1v) is 14.2. The van der Waals surface area contributed by atoms with Gasteiger partial charge in [-0.2, -0.15) is 0 Å². The lowest BCUT2D eigenvalue weighted by Crippen LogP contribution is -2.66. The van der Waals surface area contributed by atoms with Crippen molar-refractivity contribution in [1.29, 1.82) is 0 Å². The molecule has 5 atom stereocenters. The number of terminal acetylenes is 1. The van der Waals surface area contributed by atoms with Gasteiger partial charge in [-0.25, -0.2) is 4.79 Å². The van der Waals surface area contributed by atoms with Gasteiger partial charge >= 0.3 is 29.8 Å². The Morgan fingerprint density at radius 2 is 1.63 bits per heavy atom. The van der Waals surface area contributed by atoms with Gasteiger partial charge in [-0.15, -0.1) is 18.2 Å². The molecule has 1 heterocycles. The zero-order valence-electron chi connectivity index (χ0n) is 24.9. The molecule has 0 bridgehead atoms. The van der Waals surface area contributed by atoms with Crippen molar-refractivity contribution in [3.8, 4) is 12.3 Å². The van der Waals surface area contributed by atoms with E-state index in [2.05, 4.69) is 11.2 Å². The number of thioether (sulfide) groups is 1. The summed E-state index contributed by atoms with van der Waals surface area (Å²) in [5, 5.41) is 2.60. The van der Waals surface area contributed by atoms with Gasteiger partial charge in [-0.1, -0.05) is 5.92 Å². The third-order valence-electron chi connectivity index (χ3n) is 5.61. The van der Waals surface area contributed by atoms with Crippen LogP contribution >= 0.6 is 11.8 Å². The summed E-state index contributed by atoms with van der Waals surface area (Å²) in [4.78, 5) is 71.1. The normalized spacial score (nSPS) is 21.8. The average molecular weight is 634 g/mol. The van der Waals surface area contributed by atoms with Crippen molar-refractivity contribution >= 4 is 47.5 Å². The van der Waals surface area contributed by atoms with E-state index in [1.54, 1.807) is 0 Å². The van der Waals surface area contributed by atoms with E-state index >= 15 is 0 Å². The molecule has 0 unspecified atom stereocenters. The summed E-state index contributed by atoms with van der Waals surface area (Å²) in [6, 6.07) is -1.21. The summed E-state index contributed by atoms with van der Waals surface area (Å²) in [5.74, 6) is -1.90. The highest BCUT2D eigenvalue weighted by Gasteiger charge is 2.57. The predicted octanol–water partition coefficient (Wildman–Crippen LogP) is -0.0913. The minimum absolute atomic E-state index is 0.115. The maximum Gasteiger partial charge on any atom is 0.348 e. The van der Waals surface area contributed by atoms with Crippen LogP contribution in [-0.4, -0.2) is 118 Å². The second-order valence-electron chi connectivity index (χ2n) is 9.05. The molecule has 1 saturated heterocycles. The van der Waals surface area contributed by atoms with Crippen molar-refractivity contribution in [2.45, 2.75) is 69.8 Å². The molecule has 0 aromatic heterocycles. The Hall–Kier alpha value is -3.39. The predicted molar refractivity (Wildman–Crippen MR) is 148 cm³/mol. The summed E-state index contributed by atoms with van der Waals surface area (Å²) < 4.78 is 42.8. The SMILES string of the molecule is C#CCOCCOCCS[C@@]1(C(=O)OC)C[C@H](OC(C)=O)[C@@H](NC(=O)COC(C)=O)[C@H]([C@@H](CCOC(C)=O)OC(C)=O)O1. The Morgan fingerprint density at radius 3 is 2.21 bits per heavy atom. The van der Waals surface area contributed by atoms with E-state index in [-0.39, 0.29) is 51.6 Å². The van der Waals surface area contributed by atoms with Crippen molar-refractivity contribution in [1.82, 2.24) is 5.32 Å². The Bertz CT molecular complexity index is 1010. The molecule has 1 fully saturated rings. The Labute approximate surface area is 254 Å². The van der Waals surface area contributed by atoms with Gasteiger partial charge in [0.15, 0.2) is 6.61 Å². The fraction of sp³-hybridized carbons (Fsp3) is 0.704. The summed E-state index contributed by atoms with van der Waals surface area (Å²) >= 11 is 0.986. The molecule has 15 nitrogen and oxygen atoms in total. The number of hydrogen-bond donors (Lipinski definition) is 1. The highest BCUT2D eigenvalue weighted by atomic mass is 32.2. The molecule has 1 rings (SSSR count). The molecule has 0 aliphatic carbocycles. The van der Waals surface area contributed by atoms with Crippen molar-refractivity contribution in [2.24, 2.45) is 0 Å². The highest BCUT2D eigenvalue weighted by molar-refractivity contribution is 8.01. The second kappa shape index (κ2) is 19.7. The summed E-state index contributed by atoms with van der Waals surface area (Å²) in [7, 11) is 1.14. The van der Waals surface area contributed by atoms with Crippen LogP contribution in [0.1, 0.15) is 40.5 Å². The summed E-state index contributed by atoms with van der Waals surface area (Å²) in [5.41, 5.74) is 0. The van der Waals surface area contributed by atoms with E-state index < -0.39 is 71.6 Å². The number of ether oxygens (including phenoxy) is 8. The number of hydrogen-bond acceptors (Lipinski definition) is 15. The quantitative estimate of drug-likeness (QED) is 0.0912. The van der Waals surface area contributed by atoms with Crippen LogP contribution in [0, 0.1) is 12.3 Å². The van der Waals surface area contributed by atoms with Crippen LogP contribution in [0.3, 0.4) is 0 Å². The maximum atomic E-state index is 13.2. The van der Waals surface area contributed by atoms with Crippen LogP contribution in [0.15, 0.2) is 0 Å². The minimum atomic E-state index is -1.82. The fourth-order valence-electron chi connectivity index (χ4n) is 4.03. The number of nitrogens with one attached hydrogen (secondary N) is 1. The monoisotopic (exact) mass is 633 g/mol. The molecular weight excluding hydrogens is 594 g/mol. The average Bonchev–Trinajstić information content (AvgIpc) is 2.92. The summed E-state index contributed by atoms with van der Waals surface area (Å²) in [6.45, 7) is 4.46. The highest BCUT2D eigenvalue weighted by Crippen LogP contribution is 2.42. The summed E-state index contributed by atoms with van der Waals surface area (Å²) in [6.07, 6.45) is 0.950.